The molecule has 0 unspecified atom stereocenters. The molecule has 0 radical (unpaired) electrons. The van der Waals surface area contributed by atoms with Crippen LogP contribution in [0, 0.1) is 0 Å². The van der Waals surface area contributed by atoms with E-state index in [1.807, 2.05) is 72.0 Å². The van der Waals surface area contributed by atoms with Crippen LogP contribution in [-0.2, 0) is 0 Å². The highest BCUT2D eigenvalue weighted by Crippen LogP contribution is 2.44. The number of hydrogen-bond donors (Lipinski definition) is 0. The van der Waals surface area contributed by atoms with Gasteiger partial charge in [0.15, 0.2) is 23.3 Å². The van der Waals surface area contributed by atoms with E-state index >= 15 is 0 Å². The van der Waals surface area contributed by atoms with Gasteiger partial charge in [0.2, 0.25) is 0 Å². The molecular weight excluding hydrogens is 755 g/mol. The fraction of sp³-hybridized carbons (Fsp3) is 0. The Morgan fingerprint density at radius 1 is 0.316 bits per heavy atom. The quantitative estimate of drug-likeness (QED) is 0.174. The molecule has 7 aromatic carbocycles. The highest BCUT2D eigenvalue weighted by molar-refractivity contribution is 7.27. The summed E-state index contributed by atoms with van der Waals surface area (Å²) in [5, 5.41) is 6.00. The lowest BCUT2D eigenvalue weighted by Gasteiger charge is -2.10. The number of nitrogens with zero attached hydrogens (tertiary/aromatic N) is 5. The lowest BCUT2D eigenvalue weighted by Crippen LogP contribution is -2.00. The third-order valence-corrected chi connectivity index (χ3v) is 14.0. The predicted molar refractivity (Wildman–Crippen MR) is 241 cm³/mol. The molecule has 0 N–H and O–H groups in total. The Kier molecular flexibility index (Phi) is 7.38. The van der Waals surface area contributed by atoms with Gasteiger partial charge < -0.3 is 0 Å². The van der Waals surface area contributed by atoms with Gasteiger partial charge in [-0.05, 0) is 30.3 Å². The molecule has 5 aromatic heterocycles. The third-order valence-electron chi connectivity index (χ3n) is 10.6. The zero-order chi connectivity index (χ0) is 37.5. The smallest absolute Gasteiger partial charge is 0.164 e. The highest BCUT2D eigenvalue weighted by Gasteiger charge is 2.20. The number of thiophene rings is 3. The summed E-state index contributed by atoms with van der Waals surface area (Å²) in [7, 11) is 0. The Morgan fingerprint density at radius 3 is 1.63 bits per heavy atom. The maximum Gasteiger partial charge on any atom is 0.164 e. The third kappa shape index (κ3) is 5.37. The predicted octanol–water partition coefficient (Wildman–Crippen LogP) is 14.1. The molecule has 0 fully saturated rings. The molecule has 266 valence electrons. The Balaban J connectivity index is 1.04. The first kappa shape index (κ1) is 32.5. The van der Waals surface area contributed by atoms with E-state index in [-0.39, 0.29) is 0 Å². The molecule has 8 heteroatoms. The first-order valence-corrected chi connectivity index (χ1v) is 21.1. The van der Waals surface area contributed by atoms with Gasteiger partial charge in [0, 0.05) is 78.2 Å². The summed E-state index contributed by atoms with van der Waals surface area (Å²) in [5.41, 5.74) is 6.90. The lowest BCUT2D eigenvalue weighted by atomic mass is 10.0. The monoisotopic (exact) mass is 781 g/mol. The van der Waals surface area contributed by atoms with Crippen LogP contribution in [0.1, 0.15) is 0 Å². The molecule has 0 amide bonds. The van der Waals surface area contributed by atoms with Crippen LogP contribution in [0.4, 0.5) is 0 Å². The Bertz CT molecular complexity index is 3480. The van der Waals surface area contributed by atoms with Crippen molar-refractivity contribution in [3.63, 3.8) is 0 Å². The number of rotatable bonds is 5. The molecule has 0 atom stereocenters. The molecule has 0 saturated carbocycles. The van der Waals surface area contributed by atoms with Crippen molar-refractivity contribution >= 4 is 94.7 Å². The van der Waals surface area contributed by atoms with Crippen molar-refractivity contribution in [1.82, 2.24) is 24.9 Å². The Labute approximate surface area is 338 Å². The van der Waals surface area contributed by atoms with Crippen molar-refractivity contribution in [2.45, 2.75) is 0 Å². The fourth-order valence-electron chi connectivity index (χ4n) is 7.87. The van der Waals surface area contributed by atoms with Crippen LogP contribution >= 0.6 is 34.0 Å². The lowest BCUT2D eigenvalue weighted by molar-refractivity contribution is 1.08. The summed E-state index contributed by atoms with van der Waals surface area (Å²) in [6.45, 7) is 0. The van der Waals surface area contributed by atoms with Gasteiger partial charge in [0.1, 0.15) is 0 Å². The van der Waals surface area contributed by atoms with Crippen LogP contribution in [0.3, 0.4) is 0 Å². The minimum atomic E-state index is 0.650. The summed E-state index contributed by atoms with van der Waals surface area (Å²) < 4.78 is 7.17. The minimum Gasteiger partial charge on any atom is -0.226 e. The number of aromatic nitrogens is 5. The van der Waals surface area contributed by atoms with Gasteiger partial charge in [-0.25, -0.2) is 24.9 Å². The molecule has 5 nitrogen and oxygen atoms in total. The first-order chi connectivity index (χ1) is 28.2. The average molecular weight is 782 g/mol. The van der Waals surface area contributed by atoms with Crippen LogP contribution in [0.25, 0.3) is 117 Å². The van der Waals surface area contributed by atoms with Crippen LogP contribution < -0.4 is 0 Å². The maximum absolute atomic E-state index is 5.38. The highest BCUT2D eigenvalue weighted by atomic mass is 32.1. The normalized spacial score (nSPS) is 11.9. The number of hydrogen-bond acceptors (Lipinski definition) is 8. The average Bonchev–Trinajstić information content (AvgIpc) is 3.97. The van der Waals surface area contributed by atoms with Crippen LogP contribution in [0.5, 0.6) is 0 Å². The van der Waals surface area contributed by atoms with E-state index in [1.165, 1.54) is 34.3 Å². The molecule has 0 bridgehead atoms. The zero-order valence-electron chi connectivity index (χ0n) is 30.0. The standard InChI is InChI=1S/C49H27N5S3/c1-3-12-28(13-4-1)46-52-47(29-14-5-2-6-15-29)54-49(53-46)36-18-11-21-39-42(36)34-25-22-30(26-41(34)56-39)43-45-44(35-17-8-10-20-38(35)57-45)51-48(50-43)31-23-24-33-32-16-7-9-19-37(32)55-40(33)27-31/h1-27H. The molecule has 0 saturated heterocycles. The molecule has 0 aliphatic heterocycles. The molecule has 12 aromatic rings. The van der Waals surface area contributed by atoms with Crippen molar-refractivity contribution < 1.29 is 0 Å². The van der Waals surface area contributed by atoms with Gasteiger partial charge in [-0.1, -0.05) is 133 Å². The first-order valence-electron chi connectivity index (χ1n) is 18.7. The van der Waals surface area contributed by atoms with E-state index in [9.17, 15) is 0 Å². The second-order valence-corrected chi connectivity index (χ2v) is 17.2. The van der Waals surface area contributed by atoms with Gasteiger partial charge >= 0.3 is 0 Å². The molecule has 57 heavy (non-hydrogen) atoms. The molecule has 5 heterocycles. The second kappa shape index (κ2) is 12.9. The molecule has 0 spiro atoms. The van der Waals surface area contributed by atoms with Crippen molar-refractivity contribution in [2.75, 3.05) is 0 Å². The number of fused-ring (bicyclic) bond motifs is 9. The van der Waals surface area contributed by atoms with E-state index < -0.39 is 0 Å². The maximum atomic E-state index is 5.38. The zero-order valence-corrected chi connectivity index (χ0v) is 32.5. The van der Waals surface area contributed by atoms with Crippen molar-refractivity contribution in [1.29, 1.82) is 0 Å². The van der Waals surface area contributed by atoms with E-state index in [0.29, 0.717) is 17.5 Å². The van der Waals surface area contributed by atoms with E-state index in [0.717, 1.165) is 65.7 Å². The molecule has 0 aliphatic rings. The van der Waals surface area contributed by atoms with Crippen LogP contribution in [0.15, 0.2) is 164 Å². The van der Waals surface area contributed by atoms with Crippen molar-refractivity contribution in [3.05, 3.63) is 164 Å². The molecular formula is C49H27N5S3. The van der Waals surface area contributed by atoms with Crippen molar-refractivity contribution in [2.24, 2.45) is 0 Å². The summed E-state index contributed by atoms with van der Waals surface area (Å²) >= 11 is 5.36. The van der Waals surface area contributed by atoms with Gasteiger partial charge in [-0.2, -0.15) is 0 Å². The summed E-state index contributed by atoms with van der Waals surface area (Å²) in [6, 6.07) is 57.3. The largest absolute Gasteiger partial charge is 0.226 e. The molecule has 12 rings (SSSR count). The second-order valence-electron chi connectivity index (χ2n) is 14.0. The van der Waals surface area contributed by atoms with Gasteiger partial charge in [-0.3, -0.25) is 0 Å². The summed E-state index contributed by atoms with van der Waals surface area (Å²) in [5.74, 6) is 2.69. The van der Waals surface area contributed by atoms with Crippen molar-refractivity contribution in [3.8, 4) is 56.8 Å². The van der Waals surface area contributed by atoms with E-state index in [2.05, 4.69) is 103 Å². The SMILES string of the molecule is c1ccc(-c2nc(-c3ccccc3)nc(-c3cccc4sc5cc(-c6nc(-c7ccc8c(c7)sc7ccccc78)nc7c6sc6ccccc67)ccc5c34)n2)cc1. The number of benzene rings is 7. The van der Waals surface area contributed by atoms with E-state index in [1.54, 1.807) is 22.7 Å². The van der Waals surface area contributed by atoms with E-state index in [4.69, 9.17) is 24.9 Å². The summed E-state index contributed by atoms with van der Waals surface area (Å²) in [4.78, 5) is 25.8. The fourth-order valence-corrected chi connectivity index (χ4v) is 11.3. The Morgan fingerprint density at radius 2 is 0.860 bits per heavy atom. The Hall–Kier alpha value is -6.71. The van der Waals surface area contributed by atoms with Crippen LogP contribution in [-0.4, -0.2) is 24.9 Å². The summed E-state index contributed by atoms with van der Waals surface area (Å²) in [6.07, 6.45) is 0. The minimum absolute atomic E-state index is 0.650. The van der Waals surface area contributed by atoms with Crippen LogP contribution in [0.2, 0.25) is 0 Å². The van der Waals surface area contributed by atoms with Gasteiger partial charge in [0.05, 0.1) is 15.9 Å². The topological polar surface area (TPSA) is 64.5 Å². The molecule has 0 aliphatic carbocycles. The van der Waals surface area contributed by atoms with Gasteiger partial charge in [-0.15, -0.1) is 34.0 Å². The van der Waals surface area contributed by atoms with Gasteiger partial charge in [0.25, 0.3) is 0 Å².